The Morgan fingerprint density at radius 2 is 1.69 bits per heavy atom. The number of para-hydroxylation sites is 1. The van der Waals surface area contributed by atoms with Crippen LogP contribution in [0, 0.1) is 0 Å². The molecule has 2 aliphatic rings. The van der Waals surface area contributed by atoms with Crippen LogP contribution in [0.4, 0.5) is 5.69 Å². The minimum Gasteiger partial charge on any atom is -0.486 e. The van der Waals surface area contributed by atoms with Gasteiger partial charge in [0.1, 0.15) is 13.2 Å². The second kappa shape index (κ2) is 9.51. The Balaban J connectivity index is 1.18. The normalized spacial score (nSPS) is 16.7. The summed E-state index contributed by atoms with van der Waals surface area (Å²) in [6, 6.07) is 13.5. The van der Waals surface area contributed by atoms with Crippen molar-refractivity contribution in [2.45, 2.75) is 19.3 Å². The summed E-state index contributed by atoms with van der Waals surface area (Å²) in [4.78, 5) is 17.3. The number of piperazine rings is 1. The number of anilines is 1. The molecule has 0 spiro atoms. The van der Waals surface area contributed by atoms with Gasteiger partial charge in [0.25, 0.3) is 0 Å². The first-order chi connectivity index (χ1) is 14.2. The highest BCUT2D eigenvalue weighted by atomic mass is 35.5. The van der Waals surface area contributed by atoms with E-state index in [1.54, 1.807) is 0 Å². The fourth-order valence-electron chi connectivity index (χ4n) is 3.90. The molecule has 0 unspecified atom stereocenters. The quantitative estimate of drug-likeness (QED) is 0.499. The third-order valence-corrected chi connectivity index (χ3v) is 5.88. The van der Waals surface area contributed by atoms with Crippen molar-refractivity contribution in [3.05, 3.63) is 53.1 Å². The highest BCUT2D eigenvalue weighted by molar-refractivity contribution is 6.33. The van der Waals surface area contributed by atoms with Gasteiger partial charge in [-0.05, 0) is 49.7 Å². The molecule has 1 saturated heterocycles. The van der Waals surface area contributed by atoms with E-state index in [2.05, 4.69) is 15.9 Å². The summed E-state index contributed by atoms with van der Waals surface area (Å²) >= 11 is 6.31. The Morgan fingerprint density at radius 1 is 0.931 bits per heavy atom. The van der Waals surface area contributed by atoms with Crippen molar-refractivity contribution in [3.63, 3.8) is 0 Å². The van der Waals surface area contributed by atoms with Gasteiger partial charge in [0.05, 0.1) is 10.7 Å². The summed E-state index contributed by atoms with van der Waals surface area (Å²) in [6.45, 7) is 6.16. The summed E-state index contributed by atoms with van der Waals surface area (Å²) in [5.74, 6) is 1.58. The number of unbranched alkanes of at least 4 members (excludes halogenated alkanes) is 1. The molecule has 2 aromatic carbocycles. The second-order valence-electron chi connectivity index (χ2n) is 7.52. The van der Waals surface area contributed by atoms with E-state index in [1.165, 1.54) is 0 Å². The molecule has 0 radical (unpaired) electrons. The number of benzene rings is 2. The number of halogens is 1. The first-order valence-corrected chi connectivity index (χ1v) is 10.7. The van der Waals surface area contributed by atoms with E-state index in [9.17, 15) is 4.79 Å². The minimum absolute atomic E-state index is 0.172. The lowest BCUT2D eigenvalue weighted by atomic mass is 10.0. The Hall–Kier alpha value is -2.24. The molecule has 1 fully saturated rings. The number of ketones is 1. The summed E-state index contributed by atoms with van der Waals surface area (Å²) in [7, 11) is 0. The van der Waals surface area contributed by atoms with E-state index >= 15 is 0 Å². The highest BCUT2D eigenvalue weighted by Crippen LogP contribution is 2.31. The molecule has 6 heteroatoms. The summed E-state index contributed by atoms with van der Waals surface area (Å²) in [5.41, 5.74) is 1.83. The van der Waals surface area contributed by atoms with Crippen LogP contribution in [0.1, 0.15) is 29.6 Å². The number of carbonyl (C=O) groups excluding carboxylic acids is 1. The number of fused-ring (bicyclic) bond motifs is 1. The van der Waals surface area contributed by atoms with Crippen LogP contribution < -0.4 is 14.4 Å². The van der Waals surface area contributed by atoms with Gasteiger partial charge in [-0.2, -0.15) is 0 Å². The molecule has 2 aliphatic heterocycles. The molecule has 0 atom stereocenters. The molecule has 0 N–H and O–H groups in total. The molecule has 5 nitrogen and oxygen atoms in total. The van der Waals surface area contributed by atoms with E-state index in [-0.39, 0.29) is 5.78 Å². The second-order valence-corrected chi connectivity index (χ2v) is 7.93. The maximum atomic E-state index is 12.5. The zero-order chi connectivity index (χ0) is 20.1. The molecule has 154 valence electrons. The lowest BCUT2D eigenvalue weighted by Crippen LogP contribution is -2.46. The summed E-state index contributed by atoms with van der Waals surface area (Å²) in [6.07, 6.45) is 2.50. The van der Waals surface area contributed by atoms with Crippen molar-refractivity contribution < 1.29 is 14.3 Å². The van der Waals surface area contributed by atoms with Crippen molar-refractivity contribution in [2.75, 3.05) is 50.8 Å². The zero-order valence-corrected chi connectivity index (χ0v) is 17.4. The van der Waals surface area contributed by atoms with Crippen LogP contribution in [0.3, 0.4) is 0 Å². The van der Waals surface area contributed by atoms with E-state index < -0.39 is 0 Å². The van der Waals surface area contributed by atoms with Crippen molar-refractivity contribution in [3.8, 4) is 11.5 Å². The van der Waals surface area contributed by atoms with E-state index in [0.29, 0.717) is 30.9 Å². The number of hydrogen-bond donors (Lipinski definition) is 0. The van der Waals surface area contributed by atoms with Crippen LogP contribution in [-0.2, 0) is 0 Å². The molecule has 4 rings (SSSR count). The molecule has 2 heterocycles. The van der Waals surface area contributed by atoms with Gasteiger partial charge >= 0.3 is 0 Å². The Kier molecular flexibility index (Phi) is 6.57. The monoisotopic (exact) mass is 414 g/mol. The standard InChI is InChI=1S/C23H27ClN2O3/c24-19-5-1-2-6-20(19)26-13-11-25(12-14-26)10-4-3-7-21(27)18-8-9-22-23(17-18)29-16-15-28-22/h1-2,5-6,8-9,17H,3-4,7,10-16H2. The zero-order valence-electron chi connectivity index (χ0n) is 16.6. The fourth-order valence-corrected chi connectivity index (χ4v) is 4.16. The number of rotatable bonds is 7. The average Bonchev–Trinajstić information content (AvgIpc) is 2.77. The Labute approximate surface area is 177 Å². The molecule has 0 aliphatic carbocycles. The van der Waals surface area contributed by atoms with Gasteiger partial charge in [-0.1, -0.05) is 23.7 Å². The lowest BCUT2D eigenvalue weighted by molar-refractivity contribution is 0.0976. The van der Waals surface area contributed by atoms with Crippen molar-refractivity contribution in [1.82, 2.24) is 4.90 Å². The van der Waals surface area contributed by atoms with Crippen molar-refractivity contribution in [1.29, 1.82) is 0 Å². The highest BCUT2D eigenvalue weighted by Gasteiger charge is 2.19. The van der Waals surface area contributed by atoms with Crippen LogP contribution in [-0.4, -0.2) is 56.6 Å². The third kappa shape index (κ3) is 5.03. The molecule has 2 aromatic rings. The largest absolute Gasteiger partial charge is 0.486 e. The molecule has 0 aromatic heterocycles. The minimum atomic E-state index is 0.172. The van der Waals surface area contributed by atoms with Gasteiger partial charge < -0.3 is 14.4 Å². The number of Topliss-reactive ketones (excluding diaryl/α,β-unsaturated/α-hetero) is 1. The SMILES string of the molecule is O=C(CCCCN1CCN(c2ccccc2Cl)CC1)c1ccc2c(c1)OCCO2. The van der Waals surface area contributed by atoms with Crippen LogP contribution in [0.15, 0.2) is 42.5 Å². The number of hydrogen-bond acceptors (Lipinski definition) is 5. The number of ether oxygens (including phenoxy) is 2. The molecular weight excluding hydrogens is 388 g/mol. The lowest BCUT2D eigenvalue weighted by Gasteiger charge is -2.36. The first kappa shape index (κ1) is 20.0. The Bertz CT molecular complexity index is 850. The van der Waals surface area contributed by atoms with Crippen molar-refractivity contribution in [2.24, 2.45) is 0 Å². The third-order valence-electron chi connectivity index (χ3n) is 5.56. The first-order valence-electron chi connectivity index (χ1n) is 10.4. The maximum absolute atomic E-state index is 12.5. The Morgan fingerprint density at radius 3 is 2.48 bits per heavy atom. The van der Waals surface area contributed by atoms with Gasteiger partial charge in [0.2, 0.25) is 0 Å². The predicted octanol–water partition coefficient (Wildman–Crippen LogP) is 4.29. The van der Waals surface area contributed by atoms with Crippen LogP contribution >= 0.6 is 11.6 Å². The van der Waals surface area contributed by atoms with Crippen molar-refractivity contribution >= 4 is 23.1 Å². The van der Waals surface area contributed by atoms with Crippen LogP contribution in [0.25, 0.3) is 0 Å². The predicted molar refractivity (Wildman–Crippen MR) is 116 cm³/mol. The van der Waals surface area contributed by atoms with Crippen LogP contribution in [0.2, 0.25) is 5.02 Å². The van der Waals surface area contributed by atoms with Gasteiger partial charge in [-0.15, -0.1) is 0 Å². The van der Waals surface area contributed by atoms with Gasteiger partial charge in [0.15, 0.2) is 17.3 Å². The molecular formula is C23H27ClN2O3. The number of carbonyl (C=O) groups is 1. The molecule has 0 amide bonds. The molecule has 0 bridgehead atoms. The van der Waals surface area contributed by atoms with Gasteiger partial charge in [0, 0.05) is 38.2 Å². The van der Waals surface area contributed by atoms with E-state index in [1.807, 2.05) is 36.4 Å². The topological polar surface area (TPSA) is 42.0 Å². The van der Waals surface area contributed by atoms with Gasteiger partial charge in [-0.25, -0.2) is 0 Å². The molecule has 0 saturated carbocycles. The number of nitrogens with zero attached hydrogens (tertiary/aromatic N) is 2. The van der Waals surface area contributed by atoms with Gasteiger partial charge in [-0.3, -0.25) is 9.69 Å². The fraction of sp³-hybridized carbons (Fsp3) is 0.435. The maximum Gasteiger partial charge on any atom is 0.163 e. The van der Waals surface area contributed by atoms with E-state index in [0.717, 1.165) is 62.0 Å². The average molecular weight is 415 g/mol. The van der Waals surface area contributed by atoms with Crippen LogP contribution in [0.5, 0.6) is 11.5 Å². The summed E-state index contributed by atoms with van der Waals surface area (Å²) in [5, 5.41) is 0.818. The van der Waals surface area contributed by atoms with E-state index in [4.69, 9.17) is 21.1 Å². The molecule has 29 heavy (non-hydrogen) atoms. The smallest absolute Gasteiger partial charge is 0.163 e. The summed E-state index contributed by atoms with van der Waals surface area (Å²) < 4.78 is 11.1.